The predicted octanol–water partition coefficient (Wildman–Crippen LogP) is 3.86. The first-order chi connectivity index (χ1) is 17.3. The van der Waals surface area contributed by atoms with Crippen LogP contribution >= 0.6 is 0 Å². The zero-order valence-electron chi connectivity index (χ0n) is 21.9. The van der Waals surface area contributed by atoms with E-state index in [9.17, 15) is 19.8 Å². The summed E-state index contributed by atoms with van der Waals surface area (Å²) in [6.07, 6.45) is 2.60. The molecule has 9 heteroatoms. The average Bonchev–Trinajstić information content (AvgIpc) is 3.25. The van der Waals surface area contributed by atoms with Crippen molar-refractivity contribution >= 4 is 11.7 Å². The first kappa shape index (κ1) is 24.7. The number of fused-ring (bicyclic) bond motifs is 3. The number of hydrogen-bond acceptors (Lipinski definition) is 6. The van der Waals surface area contributed by atoms with Crippen molar-refractivity contribution in [1.29, 1.82) is 0 Å². The zero-order chi connectivity index (χ0) is 26.9. The van der Waals surface area contributed by atoms with Gasteiger partial charge in [0, 0.05) is 30.2 Å². The van der Waals surface area contributed by atoms with Gasteiger partial charge in [-0.3, -0.25) is 9.56 Å². The van der Waals surface area contributed by atoms with E-state index in [4.69, 9.17) is 14.5 Å². The fourth-order valence-corrected chi connectivity index (χ4v) is 5.35. The number of aliphatic imine (C=N–C) groups is 1. The quantitative estimate of drug-likeness (QED) is 0.544. The highest BCUT2D eigenvalue weighted by Gasteiger charge is 2.40. The van der Waals surface area contributed by atoms with Crippen LogP contribution in [0.25, 0.3) is 5.69 Å². The van der Waals surface area contributed by atoms with Gasteiger partial charge in [0.1, 0.15) is 5.60 Å². The summed E-state index contributed by atoms with van der Waals surface area (Å²) in [6.45, 7) is 10.6. The largest absolute Gasteiger partial charge is 0.493 e. The van der Waals surface area contributed by atoms with Crippen LogP contribution in [0.5, 0.6) is 17.4 Å². The van der Waals surface area contributed by atoms with Gasteiger partial charge in [0.15, 0.2) is 11.5 Å². The number of hydrogen-bond donors (Lipinski definition) is 2. The second-order valence-corrected chi connectivity index (χ2v) is 10.9. The maximum absolute atomic E-state index is 12.8. The highest BCUT2D eigenvalue weighted by Crippen LogP contribution is 2.48. The van der Waals surface area contributed by atoms with Crippen LogP contribution in [-0.2, 0) is 19.9 Å². The van der Waals surface area contributed by atoms with Gasteiger partial charge < -0.3 is 19.7 Å². The number of carboxylic acids is 1. The SMILES string of the molecule is CCOc1cc2c(c3c1OC(C)(C)C3)C(c1ccc(C(=O)O)c(-n3c(O)cn(C)c3=O)c1)=NC(C)(C)C2. The summed E-state index contributed by atoms with van der Waals surface area (Å²) in [5, 5.41) is 20.3. The van der Waals surface area contributed by atoms with Gasteiger partial charge in [-0.15, -0.1) is 0 Å². The molecule has 3 heterocycles. The van der Waals surface area contributed by atoms with Crippen molar-refractivity contribution in [2.75, 3.05) is 6.61 Å². The lowest BCUT2D eigenvalue weighted by atomic mass is 9.80. The molecule has 1 aromatic heterocycles. The lowest BCUT2D eigenvalue weighted by molar-refractivity contribution is 0.0696. The Morgan fingerprint density at radius 3 is 2.54 bits per heavy atom. The van der Waals surface area contributed by atoms with Crippen molar-refractivity contribution in [3.63, 3.8) is 0 Å². The number of nitrogens with zero attached hydrogens (tertiary/aromatic N) is 3. The van der Waals surface area contributed by atoms with Crippen molar-refractivity contribution in [1.82, 2.24) is 9.13 Å². The first-order valence-electron chi connectivity index (χ1n) is 12.3. The normalized spacial score (nSPS) is 17.0. The third kappa shape index (κ3) is 4.08. The lowest BCUT2D eigenvalue weighted by Gasteiger charge is -2.31. The Kier molecular flexibility index (Phi) is 5.51. The zero-order valence-corrected chi connectivity index (χ0v) is 21.9. The average molecular weight is 506 g/mol. The van der Waals surface area contributed by atoms with Gasteiger partial charge in [-0.25, -0.2) is 14.2 Å². The molecule has 2 aliphatic heterocycles. The van der Waals surface area contributed by atoms with E-state index in [1.165, 1.54) is 23.9 Å². The number of carbonyl (C=O) groups is 1. The minimum Gasteiger partial charge on any atom is -0.493 e. The maximum Gasteiger partial charge on any atom is 0.337 e. The van der Waals surface area contributed by atoms with Crippen molar-refractivity contribution in [3.8, 4) is 23.1 Å². The fourth-order valence-electron chi connectivity index (χ4n) is 5.35. The highest BCUT2D eigenvalue weighted by molar-refractivity contribution is 6.16. The summed E-state index contributed by atoms with van der Waals surface area (Å²) in [5.74, 6) is -0.143. The number of aromatic nitrogens is 2. The third-order valence-corrected chi connectivity index (χ3v) is 6.75. The van der Waals surface area contributed by atoms with Crippen molar-refractivity contribution in [2.24, 2.45) is 12.0 Å². The molecule has 0 spiro atoms. The van der Waals surface area contributed by atoms with E-state index >= 15 is 0 Å². The lowest BCUT2D eigenvalue weighted by Crippen LogP contribution is -2.31. The van der Waals surface area contributed by atoms with E-state index in [0.717, 1.165) is 21.3 Å². The Labute approximate surface area is 214 Å². The molecule has 0 fully saturated rings. The molecule has 2 aliphatic rings. The smallest absolute Gasteiger partial charge is 0.337 e. The Hall–Kier alpha value is -4.01. The second kappa shape index (κ2) is 8.26. The van der Waals surface area contributed by atoms with Gasteiger partial charge in [-0.1, -0.05) is 6.07 Å². The van der Waals surface area contributed by atoms with Crippen molar-refractivity contribution < 1.29 is 24.5 Å². The topological polar surface area (TPSA) is 115 Å². The van der Waals surface area contributed by atoms with Crippen LogP contribution in [-0.4, -0.2) is 48.8 Å². The molecule has 0 saturated carbocycles. The van der Waals surface area contributed by atoms with Gasteiger partial charge >= 0.3 is 11.7 Å². The molecule has 2 aromatic carbocycles. The summed E-state index contributed by atoms with van der Waals surface area (Å²) in [4.78, 5) is 30.0. The van der Waals surface area contributed by atoms with Gasteiger partial charge in [0.25, 0.3) is 0 Å². The number of benzene rings is 2. The van der Waals surface area contributed by atoms with Crippen LogP contribution in [0.2, 0.25) is 0 Å². The minimum absolute atomic E-state index is 0.0693. The molecule has 2 N–H and O–H groups in total. The molecule has 0 atom stereocenters. The van der Waals surface area contributed by atoms with Gasteiger partial charge in [0.2, 0.25) is 5.88 Å². The molecule has 0 aliphatic carbocycles. The van der Waals surface area contributed by atoms with Crippen LogP contribution in [0, 0.1) is 0 Å². The van der Waals surface area contributed by atoms with Crippen LogP contribution in [0.4, 0.5) is 0 Å². The number of carboxylic acid groups (broad SMARTS) is 1. The summed E-state index contributed by atoms with van der Waals surface area (Å²) in [5.41, 5.74) is 2.89. The molecular weight excluding hydrogens is 474 g/mol. The monoisotopic (exact) mass is 505 g/mol. The third-order valence-electron chi connectivity index (χ3n) is 6.75. The van der Waals surface area contributed by atoms with Gasteiger partial charge in [-0.05, 0) is 64.8 Å². The number of aromatic carboxylic acids is 1. The Bertz CT molecular complexity index is 1540. The second-order valence-electron chi connectivity index (χ2n) is 10.9. The number of ether oxygens (including phenoxy) is 2. The minimum atomic E-state index is -1.21. The number of aromatic hydroxyl groups is 1. The van der Waals surface area contributed by atoms with E-state index in [0.29, 0.717) is 42.2 Å². The molecule has 9 nitrogen and oxygen atoms in total. The molecule has 37 heavy (non-hydrogen) atoms. The molecule has 3 aromatic rings. The molecule has 5 rings (SSSR count). The Morgan fingerprint density at radius 2 is 1.92 bits per heavy atom. The predicted molar refractivity (Wildman–Crippen MR) is 139 cm³/mol. The van der Waals surface area contributed by atoms with E-state index in [2.05, 4.69) is 0 Å². The van der Waals surface area contributed by atoms with Crippen LogP contribution in [0.1, 0.15) is 67.2 Å². The summed E-state index contributed by atoms with van der Waals surface area (Å²) < 4.78 is 14.5. The van der Waals surface area contributed by atoms with Crippen molar-refractivity contribution in [2.45, 2.75) is 58.6 Å². The van der Waals surface area contributed by atoms with Gasteiger partial charge in [-0.2, -0.15) is 0 Å². The van der Waals surface area contributed by atoms with E-state index in [1.807, 2.05) is 40.7 Å². The van der Waals surface area contributed by atoms with E-state index < -0.39 is 22.8 Å². The number of aryl methyl sites for hydroxylation is 1. The molecular formula is C28H31N3O6. The molecule has 0 unspecified atom stereocenters. The molecule has 0 amide bonds. The summed E-state index contributed by atoms with van der Waals surface area (Å²) in [7, 11) is 1.49. The van der Waals surface area contributed by atoms with E-state index in [-0.39, 0.29) is 17.1 Å². The molecule has 194 valence electrons. The Balaban J connectivity index is 1.78. The molecule has 0 radical (unpaired) electrons. The molecule has 0 saturated heterocycles. The fraction of sp³-hybridized carbons (Fsp3) is 0.393. The van der Waals surface area contributed by atoms with Crippen molar-refractivity contribution in [3.05, 3.63) is 68.8 Å². The summed E-state index contributed by atoms with van der Waals surface area (Å²) in [6, 6.07) is 6.78. The van der Waals surface area contributed by atoms with Crippen LogP contribution < -0.4 is 15.2 Å². The van der Waals surface area contributed by atoms with Gasteiger partial charge in [0.05, 0.1) is 35.3 Å². The number of imidazole rings is 1. The highest BCUT2D eigenvalue weighted by atomic mass is 16.5. The van der Waals surface area contributed by atoms with Crippen LogP contribution in [0.3, 0.4) is 0 Å². The van der Waals surface area contributed by atoms with E-state index in [1.54, 1.807) is 12.1 Å². The summed E-state index contributed by atoms with van der Waals surface area (Å²) >= 11 is 0. The van der Waals surface area contributed by atoms with Crippen LogP contribution in [0.15, 0.2) is 40.2 Å². The first-order valence-corrected chi connectivity index (χ1v) is 12.3. The Morgan fingerprint density at radius 1 is 1.19 bits per heavy atom. The maximum atomic E-state index is 12.8. The molecule has 0 bridgehead atoms. The number of rotatable bonds is 5. The standard InChI is InChI=1S/C28H31N3O6/c1-7-36-20-11-16-12-27(2,3)29-23(22(16)18-13-28(4,5)37-24(18)20)15-8-9-17(25(33)34)19(10-15)31-21(32)14-30(6)26(31)35/h8-11,14,32H,7,12-13H2,1-6H3,(H,33,34).